The Labute approximate surface area is 127 Å². The number of rotatable bonds is 6. The summed E-state index contributed by atoms with van der Waals surface area (Å²) in [5.74, 6) is 0.239. The van der Waals surface area contributed by atoms with Crippen LogP contribution in [0.4, 0.5) is 8.78 Å². The van der Waals surface area contributed by atoms with Crippen molar-refractivity contribution in [2.24, 2.45) is 16.5 Å². The fourth-order valence-corrected chi connectivity index (χ4v) is 1.38. The average Bonchev–Trinajstić information content (AvgIpc) is 2.28. The summed E-state index contributed by atoms with van der Waals surface area (Å²) in [7, 11) is 1.38. The second kappa shape index (κ2) is 8.73. The Morgan fingerprint density at radius 3 is 2.53 bits per heavy atom. The molecule has 5 nitrogen and oxygen atoms in total. The van der Waals surface area contributed by atoms with E-state index in [0.717, 1.165) is 5.56 Å². The van der Waals surface area contributed by atoms with E-state index in [0.29, 0.717) is 13.0 Å². The minimum atomic E-state index is -2.90. The van der Waals surface area contributed by atoms with Crippen LogP contribution >= 0.6 is 24.0 Å². The van der Waals surface area contributed by atoms with Crippen LogP contribution in [0.2, 0.25) is 0 Å². The molecule has 0 aliphatic heterocycles. The number of benzene rings is 1. The number of alkyl halides is 2. The molecule has 0 unspecified atom stereocenters. The van der Waals surface area contributed by atoms with E-state index in [4.69, 9.17) is 16.2 Å². The number of methoxy groups -OCH3 is 1. The summed E-state index contributed by atoms with van der Waals surface area (Å²) in [6.45, 7) is -2.52. The molecule has 0 saturated heterocycles. The van der Waals surface area contributed by atoms with Gasteiger partial charge in [0.25, 0.3) is 0 Å². The van der Waals surface area contributed by atoms with E-state index in [1.54, 1.807) is 12.1 Å². The molecule has 8 heteroatoms. The van der Waals surface area contributed by atoms with Gasteiger partial charge in [0.05, 0.1) is 7.11 Å². The molecule has 0 fully saturated rings. The molecular formula is C11H16F2IN3O2. The van der Waals surface area contributed by atoms with Gasteiger partial charge < -0.3 is 20.9 Å². The van der Waals surface area contributed by atoms with Gasteiger partial charge in [0.2, 0.25) is 0 Å². The summed E-state index contributed by atoms with van der Waals surface area (Å²) >= 11 is 0. The molecule has 19 heavy (non-hydrogen) atoms. The first kappa shape index (κ1) is 17.7. The predicted molar refractivity (Wildman–Crippen MR) is 79.4 cm³/mol. The molecule has 0 radical (unpaired) electrons. The van der Waals surface area contributed by atoms with Gasteiger partial charge in [0.15, 0.2) is 17.5 Å². The lowest BCUT2D eigenvalue weighted by Gasteiger charge is -2.11. The molecule has 0 aromatic heterocycles. The number of nitrogens with two attached hydrogens (primary N) is 2. The van der Waals surface area contributed by atoms with Crippen molar-refractivity contribution in [3.05, 3.63) is 23.8 Å². The molecule has 0 spiro atoms. The summed E-state index contributed by atoms with van der Waals surface area (Å²) in [5, 5.41) is 0. The predicted octanol–water partition coefficient (Wildman–Crippen LogP) is 1.73. The van der Waals surface area contributed by atoms with Crippen LogP contribution < -0.4 is 20.9 Å². The second-order valence-corrected chi connectivity index (χ2v) is 3.42. The molecule has 1 aromatic rings. The van der Waals surface area contributed by atoms with Crippen LogP contribution in [0.1, 0.15) is 5.56 Å². The zero-order chi connectivity index (χ0) is 13.5. The Kier molecular flexibility index (Phi) is 8.12. The monoisotopic (exact) mass is 387 g/mol. The van der Waals surface area contributed by atoms with E-state index in [9.17, 15) is 8.78 Å². The van der Waals surface area contributed by atoms with E-state index in [2.05, 4.69) is 9.73 Å². The minimum absolute atomic E-state index is 0. The Morgan fingerprint density at radius 1 is 1.32 bits per heavy atom. The molecule has 1 aromatic carbocycles. The lowest BCUT2D eigenvalue weighted by atomic mass is 10.1. The number of hydrogen-bond acceptors (Lipinski definition) is 3. The summed E-state index contributed by atoms with van der Waals surface area (Å²) in [6, 6.07) is 4.77. The van der Waals surface area contributed by atoms with Gasteiger partial charge >= 0.3 is 6.61 Å². The van der Waals surface area contributed by atoms with Crippen molar-refractivity contribution in [2.75, 3.05) is 13.7 Å². The number of ether oxygens (including phenoxy) is 2. The third-order valence-corrected chi connectivity index (χ3v) is 2.14. The van der Waals surface area contributed by atoms with Crippen molar-refractivity contribution in [3.8, 4) is 11.5 Å². The van der Waals surface area contributed by atoms with Crippen LogP contribution in [0.3, 0.4) is 0 Å². The maximum Gasteiger partial charge on any atom is 0.387 e. The van der Waals surface area contributed by atoms with Crippen LogP contribution in [-0.2, 0) is 6.42 Å². The minimum Gasteiger partial charge on any atom is -0.493 e. The Morgan fingerprint density at radius 2 is 2.00 bits per heavy atom. The maximum atomic E-state index is 12.2. The van der Waals surface area contributed by atoms with Gasteiger partial charge in [-0.25, -0.2) is 0 Å². The van der Waals surface area contributed by atoms with E-state index in [-0.39, 0.29) is 41.4 Å². The highest BCUT2D eigenvalue weighted by molar-refractivity contribution is 14.0. The maximum absolute atomic E-state index is 12.2. The normalized spacial score (nSPS) is 9.68. The van der Waals surface area contributed by atoms with Gasteiger partial charge in [-0.2, -0.15) is 8.78 Å². The topological polar surface area (TPSA) is 82.9 Å². The van der Waals surface area contributed by atoms with Crippen molar-refractivity contribution in [3.63, 3.8) is 0 Å². The van der Waals surface area contributed by atoms with Crippen molar-refractivity contribution >= 4 is 29.9 Å². The molecule has 1 rings (SSSR count). The highest BCUT2D eigenvalue weighted by atomic mass is 127. The highest BCUT2D eigenvalue weighted by Gasteiger charge is 2.11. The molecule has 0 aliphatic carbocycles. The highest BCUT2D eigenvalue weighted by Crippen LogP contribution is 2.29. The van der Waals surface area contributed by atoms with Crippen LogP contribution in [0.25, 0.3) is 0 Å². The number of aliphatic imine (C=N–C) groups is 1. The lowest BCUT2D eigenvalue weighted by molar-refractivity contribution is -0.0512. The van der Waals surface area contributed by atoms with Crippen LogP contribution in [-0.4, -0.2) is 26.2 Å². The molecule has 0 heterocycles. The largest absolute Gasteiger partial charge is 0.493 e. The van der Waals surface area contributed by atoms with Crippen molar-refractivity contribution in [1.82, 2.24) is 0 Å². The number of nitrogens with zero attached hydrogens (tertiary/aromatic N) is 1. The Bertz CT molecular complexity index is 426. The summed E-state index contributed by atoms with van der Waals surface area (Å²) in [4.78, 5) is 3.81. The molecule has 0 atom stereocenters. The summed E-state index contributed by atoms with van der Waals surface area (Å²) in [5.41, 5.74) is 11.1. The Balaban J connectivity index is 0.00000324. The molecule has 0 amide bonds. The standard InChI is InChI=1S/C11H15F2N3O2.HI/c1-17-8-3-2-7(4-5-16-11(14)15)6-9(8)18-10(12)13;/h2-3,6,10H,4-5H2,1H3,(H4,14,15,16);1H. The molecule has 0 saturated carbocycles. The lowest BCUT2D eigenvalue weighted by Crippen LogP contribution is -2.23. The molecule has 4 N–H and O–H groups in total. The van der Waals surface area contributed by atoms with Crippen molar-refractivity contribution in [1.29, 1.82) is 0 Å². The van der Waals surface area contributed by atoms with Gasteiger partial charge in [0, 0.05) is 6.54 Å². The van der Waals surface area contributed by atoms with Crippen molar-refractivity contribution < 1.29 is 18.3 Å². The summed E-state index contributed by atoms with van der Waals surface area (Å²) in [6.07, 6.45) is 0.515. The smallest absolute Gasteiger partial charge is 0.387 e. The number of halogens is 3. The summed E-state index contributed by atoms with van der Waals surface area (Å²) < 4.78 is 33.7. The zero-order valence-corrected chi connectivity index (χ0v) is 12.6. The van der Waals surface area contributed by atoms with Crippen LogP contribution in [0.5, 0.6) is 11.5 Å². The van der Waals surface area contributed by atoms with Gasteiger partial charge in [-0.15, -0.1) is 24.0 Å². The van der Waals surface area contributed by atoms with E-state index in [1.807, 2.05) is 0 Å². The van der Waals surface area contributed by atoms with E-state index < -0.39 is 6.61 Å². The molecule has 0 aliphatic rings. The first-order valence-electron chi connectivity index (χ1n) is 5.20. The van der Waals surface area contributed by atoms with E-state index in [1.165, 1.54) is 13.2 Å². The molecule has 108 valence electrons. The van der Waals surface area contributed by atoms with Gasteiger partial charge in [0.1, 0.15) is 0 Å². The first-order chi connectivity index (χ1) is 8.52. The fourth-order valence-electron chi connectivity index (χ4n) is 1.38. The van der Waals surface area contributed by atoms with Crippen molar-refractivity contribution in [2.45, 2.75) is 13.0 Å². The molecular weight excluding hydrogens is 371 g/mol. The molecule has 0 bridgehead atoms. The number of guanidine groups is 1. The number of hydrogen-bond donors (Lipinski definition) is 2. The SMILES string of the molecule is COc1ccc(CCN=C(N)N)cc1OC(F)F.I. The average molecular weight is 387 g/mol. The van der Waals surface area contributed by atoms with Crippen LogP contribution in [0.15, 0.2) is 23.2 Å². The zero-order valence-electron chi connectivity index (χ0n) is 10.3. The fraction of sp³-hybridized carbons (Fsp3) is 0.364. The van der Waals surface area contributed by atoms with Gasteiger partial charge in [-0.3, -0.25) is 4.99 Å². The third kappa shape index (κ3) is 6.41. The van der Waals surface area contributed by atoms with Crippen LogP contribution in [0, 0.1) is 0 Å². The first-order valence-corrected chi connectivity index (χ1v) is 5.20. The second-order valence-electron chi connectivity index (χ2n) is 3.42. The van der Waals surface area contributed by atoms with Gasteiger partial charge in [-0.05, 0) is 24.1 Å². The van der Waals surface area contributed by atoms with E-state index >= 15 is 0 Å². The van der Waals surface area contributed by atoms with Gasteiger partial charge in [-0.1, -0.05) is 6.07 Å². The Hall–Kier alpha value is -1.32. The third-order valence-electron chi connectivity index (χ3n) is 2.14. The quantitative estimate of drug-likeness (QED) is 0.443.